The molecule has 0 heterocycles. The Labute approximate surface area is 85.8 Å². The number of hydroxylamine groups is 1. The van der Waals surface area contributed by atoms with E-state index >= 15 is 0 Å². The van der Waals surface area contributed by atoms with Gasteiger partial charge in [0.1, 0.15) is 5.75 Å². The van der Waals surface area contributed by atoms with Gasteiger partial charge in [0.15, 0.2) is 0 Å². The Bertz CT molecular complexity index is 302. The van der Waals surface area contributed by atoms with Crippen LogP contribution in [0.1, 0.15) is 11.1 Å². The molecule has 0 saturated heterocycles. The van der Waals surface area contributed by atoms with Crippen molar-refractivity contribution in [2.45, 2.75) is 13.5 Å². The highest BCUT2D eigenvalue weighted by Crippen LogP contribution is 2.30. The summed E-state index contributed by atoms with van der Waals surface area (Å²) in [6, 6.07) is 3.80. The third-order valence-corrected chi connectivity index (χ3v) is 2.80. The van der Waals surface area contributed by atoms with Crippen LogP contribution in [0.15, 0.2) is 16.6 Å². The van der Waals surface area contributed by atoms with E-state index in [1.807, 2.05) is 19.1 Å². The number of aromatic hydroxyl groups is 1. The van der Waals surface area contributed by atoms with Crippen LogP contribution in [0.3, 0.4) is 0 Å². The molecular weight excluding hydrogens is 234 g/mol. The highest BCUT2D eigenvalue weighted by molar-refractivity contribution is 9.10. The molecule has 1 rings (SSSR count). The lowest BCUT2D eigenvalue weighted by molar-refractivity contribution is 0.0861. The molecule has 0 aliphatic carbocycles. The van der Waals surface area contributed by atoms with Crippen LogP contribution in [-0.2, 0) is 11.4 Å². The number of nitrogens with one attached hydrogen (secondary N) is 1. The Hall–Kier alpha value is -0.580. The van der Waals surface area contributed by atoms with Gasteiger partial charge in [-0.3, -0.25) is 0 Å². The van der Waals surface area contributed by atoms with Crippen LogP contribution in [0.2, 0.25) is 0 Å². The SMILES string of the molecule is CONCc1ccc(C)c(Br)c1O. The van der Waals surface area contributed by atoms with Gasteiger partial charge >= 0.3 is 0 Å². The van der Waals surface area contributed by atoms with Crippen LogP contribution in [-0.4, -0.2) is 12.2 Å². The maximum Gasteiger partial charge on any atom is 0.134 e. The lowest BCUT2D eigenvalue weighted by atomic mass is 10.1. The molecule has 1 aromatic carbocycles. The fraction of sp³-hybridized carbons (Fsp3) is 0.333. The highest BCUT2D eigenvalue weighted by atomic mass is 79.9. The number of benzene rings is 1. The molecule has 0 amide bonds. The Kier molecular flexibility index (Phi) is 3.71. The topological polar surface area (TPSA) is 41.5 Å². The zero-order chi connectivity index (χ0) is 9.84. The standard InChI is InChI=1S/C9H12BrNO2/c1-6-3-4-7(5-11-13-2)9(12)8(6)10/h3-4,11-12H,5H2,1-2H3. The van der Waals surface area contributed by atoms with E-state index in [1.54, 1.807) is 7.11 Å². The lowest BCUT2D eigenvalue weighted by Gasteiger charge is -2.08. The van der Waals surface area contributed by atoms with E-state index in [9.17, 15) is 5.11 Å². The Morgan fingerprint density at radius 1 is 1.54 bits per heavy atom. The predicted octanol–water partition coefficient (Wildman–Crippen LogP) is 2.11. The van der Waals surface area contributed by atoms with E-state index in [1.165, 1.54) is 0 Å². The summed E-state index contributed by atoms with van der Waals surface area (Å²) in [5.74, 6) is 0.268. The number of phenols is 1. The molecule has 72 valence electrons. The number of aryl methyl sites for hydroxylation is 1. The first-order chi connectivity index (χ1) is 6.16. The summed E-state index contributed by atoms with van der Waals surface area (Å²) in [5, 5.41) is 9.66. The molecule has 0 saturated carbocycles. The van der Waals surface area contributed by atoms with Gasteiger partial charge in [-0.15, -0.1) is 0 Å². The molecule has 0 radical (unpaired) electrons. The minimum atomic E-state index is 0.268. The van der Waals surface area contributed by atoms with Crippen LogP contribution in [0.4, 0.5) is 0 Å². The van der Waals surface area contributed by atoms with E-state index in [2.05, 4.69) is 21.4 Å². The van der Waals surface area contributed by atoms with Crippen LogP contribution >= 0.6 is 15.9 Å². The maximum absolute atomic E-state index is 9.66. The normalized spacial score (nSPS) is 10.4. The van der Waals surface area contributed by atoms with E-state index in [4.69, 9.17) is 4.84 Å². The monoisotopic (exact) mass is 245 g/mol. The van der Waals surface area contributed by atoms with Crippen LogP contribution < -0.4 is 5.48 Å². The zero-order valence-electron chi connectivity index (χ0n) is 7.60. The molecule has 0 unspecified atom stereocenters. The third-order valence-electron chi connectivity index (χ3n) is 1.80. The molecule has 2 N–H and O–H groups in total. The van der Waals surface area contributed by atoms with Gasteiger partial charge < -0.3 is 9.94 Å². The maximum atomic E-state index is 9.66. The second kappa shape index (κ2) is 4.60. The second-order valence-electron chi connectivity index (χ2n) is 2.73. The molecule has 3 nitrogen and oxygen atoms in total. The first-order valence-electron chi connectivity index (χ1n) is 3.89. The molecule has 0 aromatic heterocycles. The Morgan fingerprint density at radius 2 is 2.23 bits per heavy atom. The fourth-order valence-corrected chi connectivity index (χ4v) is 1.38. The number of hydrogen-bond donors (Lipinski definition) is 2. The Balaban J connectivity index is 2.90. The molecule has 0 bridgehead atoms. The van der Waals surface area contributed by atoms with Crippen LogP contribution in [0.25, 0.3) is 0 Å². The fourth-order valence-electron chi connectivity index (χ4n) is 0.998. The summed E-state index contributed by atoms with van der Waals surface area (Å²) in [6.45, 7) is 2.42. The average molecular weight is 246 g/mol. The van der Waals surface area contributed by atoms with Gasteiger partial charge in [-0.2, -0.15) is 5.48 Å². The summed E-state index contributed by atoms with van der Waals surface area (Å²) in [5.41, 5.74) is 4.49. The van der Waals surface area contributed by atoms with Crippen molar-refractivity contribution in [3.05, 3.63) is 27.7 Å². The minimum Gasteiger partial charge on any atom is -0.506 e. The number of halogens is 1. The van der Waals surface area contributed by atoms with Crippen molar-refractivity contribution < 1.29 is 9.94 Å². The summed E-state index contributed by atoms with van der Waals surface area (Å²) in [6.07, 6.45) is 0. The molecule has 1 aromatic rings. The van der Waals surface area contributed by atoms with Crippen molar-refractivity contribution in [3.8, 4) is 5.75 Å². The second-order valence-corrected chi connectivity index (χ2v) is 3.52. The predicted molar refractivity (Wildman–Crippen MR) is 54.4 cm³/mol. The van der Waals surface area contributed by atoms with Gasteiger partial charge in [-0.05, 0) is 28.4 Å². The van der Waals surface area contributed by atoms with E-state index in [-0.39, 0.29) is 5.75 Å². The molecule has 0 atom stereocenters. The van der Waals surface area contributed by atoms with Gasteiger partial charge in [0, 0.05) is 12.1 Å². The smallest absolute Gasteiger partial charge is 0.134 e. The number of phenolic OH excluding ortho intramolecular Hbond substituents is 1. The summed E-state index contributed by atoms with van der Waals surface area (Å²) >= 11 is 3.30. The molecule has 4 heteroatoms. The molecule has 0 fully saturated rings. The summed E-state index contributed by atoms with van der Waals surface area (Å²) < 4.78 is 0.739. The first kappa shape index (κ1) is 10.5. The molecular formula is C9H12BrNO2. The summed E-state index contributed by atoms with van der Waals surface area (Å²) in [4.78, 5) is 4.69. The van der Waals surface area contributed by atoms with E-state index in [0.717, 1.165) is 15.6 Å². The highest BCUT2D eigenvalue weighted by Gasteiger charge is 2.06. The van der Waals surface area contributed by atoms with Gasteiger partial charge in [-0.1, -0.05) is 12.1 Å². The van der Waals surface area contributed by atoms with Crippen molar-refractivity contribution in [3.63, 3.8) is 0 Å². The Morgan fingerprint density at radius 3 is 2.85 bits per heavy atom. The van der Waals surface area contributed by atoms with Crippen molar-refractivity contribution in [1.29, 1.82) is 0 Å². The zero-order valence-corrected chi connectivity index (χ0v) is 9.18. The molecule has 0 spiro atoms. The van der Waals surface area contributed by atoms with E-state index in [0.29, 0.717) is 6.54 Å². The minimum absolute atomic E-state index is 0.268. The van der Waals surface area contributed by atoms with E-state index < -0.39 is 0 Å². The number of rotatable bonds is 3. The summed E-state index contributed by atoms with van der Waals surface area (Å²) in [7, 11) is 1.54. The van der Waals surface area contributed by atoms with Crippen molar-refractivity contribution >= 4 is 15.9 Å². The van der Waals surface area contributed by atoms with Gasteiger partial charge in [0.2, 0.25) is 0 Å². The van der Waals surface area contributed by atoms with Crippen LogP contribution in [0, 0.1) is 6.92 Å². The van der Waals surface area contributed by atoms with Gasteiger partial charge in [-0.25, -0.2) is 0 Å². The molecule has 0 aliphatic rings. The molecule has 13 heavy (non-hydrogen) atoms. The molecule has 0 aliphatic heterocycles. The van der Waals surface area contributed by atoms with Crippen molar-refractivity contribution in [2.24, 2.45) is 0 Å². The third kappa shape index (κ3) is 2.43. The largest absolute Gasteiger partial charge is 0.506 e. The first-order valence-corrected chi connectivity index (χ1v) is 4.69. The quantitative estimate of drug-likeness (QED) is 0.802. The van der Waals surface area contributed by atoms with Gasteiger partial charge in [0.25, 0.3) is 0 Å². The number of hydrogen-bond acceptors (Lipinski definition) is 3. The van der Waals surface area contributed by atoms with Crippen LogP contribution in [0.5, 0.6) is 5.75 Å². The lowest BCUT2D eigenvalue weighted by Crippen LogP contribution is -2.10. The van der Waals surface area contributed by atoms with Crippen molar-refractivity contribution in [1.82, 2.24) is 5.48 Å². The van der Waals surface area contributed by atoms with Gasteiger partial charge in [0.05, 0.1) is 11.6 Å². The van der Waals surface area contributed by atoms with Crippen molar-refractivity contribution in [2.75, 3.05) is 7.11 Å². The average Bonchev–Trinajstić information content (AvgIpc) is 2.13.